The lowest BCUT2D eigenvalue weighted by molar-refractivity contribution is -0.146. The molecule has 152 valence electrons. The second-order valence-electron chi connectivity index (χ2n) is 7.45. The van der Waals surface area contributed by atoms with Crippen molar-refractivity contribution in [1.82, 2.24) is 19.7 Å². The number of likely N-dealkylation sites (tertiary alicyclic amines) is 1. The highest BCUT2D eigenvalue weighted by Gasteiger charge is 2.58. The van der Waals surface area contributed by atoms with Crippen molar-refractivity contribution in [2.24, 2.45) is 5.92 Å². The van der Waals surface area contributed by atoms with Gasteiger partial charge in [0, 0.05) is 19.6 Å². The minimum atomic E-state index is -1.05. The van der Waals surface area contributed by atoms with Crippen LogP contribution in [0.3, 0.4) is 0 Å². The van der Waals surface area contributed by atoms with Gasteiger partial charge in [0.2, 0.25) is 0 Å². The van der Waals surface area contributed by atoms with Crippen molar-refractivity contribution in [2.75, 3.05) is 33.3 Å². The summed E-state index contributed by atoms with van der Waals surface area (Å²) in [4.78, 5) is 58.2. The number of nitrogens with zero attached hydrogens (tertiary/aromatic N) is 4. The Morgan fingerprint density at radius 1 is 1.29 bits per heavy atom. The van der Waals surface area contributed by atoms with E-state index in [-0.39, 0.29) is 17.5 Å². The molecule has 10 nitrogen and oxygen atoms in total. The number of carbonyl (C=O) groups is 4. The Labute approximate surface area is 162 Å². The number of ether oxygens (including phenoxy) is 1. The van der Waals surface area contributed by atoms with Crippen molar-refractivity contribution in [3.63, 3.8) is 0 Å². The summed E-state index contributed by atoms with van der Waals surface area (Å²) in [6, 6.07) is -0.486. The fraction of sp³-hybridized carbons (Fsp3) is 0.611. The number of hydrogen-bond acceptors (Lipinski definition) is 7. The normalized spacial score (nSPS) is 19.1. The van der Waals surface area contributed by atoms with Crippen molar-refractivity contribution in [3.05, 3.63) is 18.4 Å². The van der Waals surface area contributed by atoms with Gasteiger partial charge in [-0.3, -0.25) is 19.3 Å². The molecule has 0 radical (unpaired) electrons. The van der Waals surface area contributed by atoms with Gasteiger partial charge in [-0.15, -0.1) is 0 Å². The maximum absolute atomic E-state index is 13.2. The number of hydrogen-bond donors (Lipinski definition) is 0. The first kappa shape index (κ1) is 19.8. The minimum Gasteiger partial charge on any atom is -0.468 e. The molecule has 2 aliphatic rings. The van der Waals surface area contributed by atoms with Crippen LogP contribution in [0.5, 0.6) is 0 Å². The molecule has 0 bridgehead atoms. The van der Waals surface area contributed by atoms with Gasteiger partial charge < -0.3 is 19.0 Å². The van der Waals surface area contributed by atoms with Crippen LogP contribution in [0.2, 0.25) is 0 Å². The summed E-state index contributed by atoms with van der Waals surface area (Å²) in [5.74, 6) is -1.19. The molecule has 4 amide bonds. The molecule has 28 heavy (non-hydrogen) atoms. The first-order chi connectivity index (χ1) is 13.3. The summed E-state index contributed by atoms with van der Waals surface area (Å²) in [7, 11) is 1.21. The molecule has 0 N–H and O–H groups in total. The highest BCUT2D eigenvalue weighted by molar-refractivity contribution is 6.09. The van der Waals surface area contributed by atoms with Crippen LogP contribution >= 0.6 is 0 Å². The minimum absolute atomic E-state index is 0.140. The largest absolute Gasteiger partial charge is 0.468 e. The van der Waals surface area contributed by atoms with Crippen molar-refractivity contribution in [1.29, 1.82) is 0 Å². The van der Waals surface area contributed by atoms with E-state index in [1.165, 1.54) is 19.8 Å². The summed E-state index contributed by atoms with van der Waals surface area (Å²) in [5, 5.41) is 0. The number of rotatable bonds is 5. The number of piperidine rings is 1. The average Bonchev–Trinajstić information content (AvgIpc) is 3.27. The first-order valence-corrected chi connectivity index (χ1v) is 9.18. The summed E-state index contributed by atoms with van der Waals surface area (Å²) in [6.45, 7) is 4.48. The van der Waals surface area contributed by atoms with Gasteiger partial charge in [0.15, 0.2) is 12.1 Å². The SMILES string of the molecule is COC(=O)CN1C(=O)N(CC(C)C)C2(CCN(C(=O)c3cocn3)CC2)C1=O. The van der Waals surface area contributed by atoms with Crippen molar-refractivity contribution in [2.45, 2.75) is 32.2 Å². The van der Waals surface area contributed by atoms with Crippen molar-refractivity contribution < 1.29 is 28.3 Å². The van der Waals surface area contributed by atoms with E-state index in [2.05, 4.69) is 9.72 Å². The number of methoxy groups -OCH3 is 1. The predicted molar refractivity (Wildman–Crippen MR) is 95.0 cm³/mol. The maximum Gasteiger partial charge on any atom is 0.328 e. The van der Waals surface area contributed by atoms with E-state index in [4.69, 9.17) is 4.42 Å². The third-order valence-corrected chi connectivity index (χ3v) is 5.21. The average molecular weight is 392 g/mol. The lowest BCUT2D eigenvalue weighted by Gasteiger charge is -2.42. The van der Waals surface area contributed by atoms with E-state index in [0.717, 1.165) is 4.90 Å². The lowest BCUT2D eigenvalue weighted by Crippen LogP contribution is -2.58. The van der Waals surface area contributed by atoms with Crippen LogP contribution in [0, 0.1) is 5.92 Å². The topological polar surface area (TPSA) is 113 Å². The molecule has 1 spiro atoms. The van der Waals surface area contributed by atoms with Gasteiger partial charge in [-0.25, -0.2) is 9.78 Å². The van der Waals surface area contributed by atoms with E-state index in [0.29, 0.717) is 32.5 Å². The van der Waals surface area contributed by atoms with Crippen molar-refractivity contribution in [3.8, 4) is 0 Å². The van der Waals surface area contributed by atoms with E-state index < -0.39 is 30.0 Å². The molecule has 2 fully saturated rings. The lowest BCUT2D eigenvalue weighted by atomic mass is 9.85. The van der Waals surface area contributed by atoms with Crippen LogP contribution in [0.4, 0.5) is 4.79 Å². The zero-order chi connectivity index (χ0) is 20.5. The molecule has 2 aliphatic heterocycles. The Morgan fingerprint density at radius 3 is 2.50 bits per heavy atom. The second-order valence-corrected chi connectivity index (χ2v) is 7.45. The Hall–Kier alpha value is -2.91. The Kier molecular flexibility index (Phi) is 5.39. The molecule has 3 rings (SSSR count). The van der Waals surface area contributed by atoms with Crippen molar-refractivity contribution >= 4 is 23.8 Å². The van der Waals surface area contributed by atoms with Gasteiger partial charge in [0.25, 0.3) is 11.8 Å². The van der Waals surface area contributed by atoms with Crippen LogP contribution in [0.25, 0.3) is 0 Å². The van der Waals surface area contributed by atoms with Crippen LogP contribution in [0.15, 0.2) is 17.1 Å². The molecule has 0 aliphatic carbocycles. The number of carbonyl (C=O) groups excluding carboxylic acids is 4. The van der Waals surface area contributed by atoms with Crippen LogP contribution in [0.1, 0.15) is 37.2 Å². The van der Waals surface area contributed by atoms with Gasteiger partial charge in [0.1, 0.15) is 18.3 Å². The monoisotopic (exact) mass is 392 g/mol. The fourth-order valence-electron chi connectivity index (χ4n) is 3.78. The molecule has 0 unspecified atom stereocenters. The van der Waals surface area contributed by atoms with Gasteiger partial charge in [-0.2, -0.15) is 0 Å². The molecule has 0 atom stereocenters. The number of esters is 1. The second kappa shape index (κ2) is 7.61. The maximum atomic E-state index is 13.2. The van der Waals surface area contributed by atoms with E-state index in [1.54, 1.807) is 9.80 Å². The van der Waals surface area contributed by atoms with Gasteiger partial charge in [-0.1, -0.05) is 13.8 Å². The number of amides is 4. The smallest absolute Gasteiger partial charge is 0.328 e. The summed E-state index contributed by atoms with van der Waals surface area (Å²) in [5.41, 5.74) is -0.841. The molecule has 0 aromatic carbocycles. The van der Waals surface area contributed by atoms with Crippen LogP contribution < -0.4 is 0 Å². The molecule has 3 heterocycles. The van der Waals surface area contributed by atoms with E-state index >= 15 is 0 Å². The Balaban J connectivity index is 1.81. The fourth-order valence-corrected chi connectivity index (χ4v) is 3.78. The molecule has 1 aromatic rings. The molecule has 1 aromatic heterocycles. The zero-order valence-corrected chi connectivity index (χ0v) is 16.2. The molecule has 2 saturated heterocycles. The van der Waals surface area contributed by atoms with Crippen LogP contribution in [-0.4, -0.2) is 82.3 Å². The number of urea groups is 1. The predicted octanol–water partition coefficient (Wildman–Crippen LogP) is 0.743. The number of imide groups is 1. The molecular weight excluding hydrogens is 368 g/mol. The van der Waals surface area contributed by atoms with E-state index in [9.17, 15) is 19.2 Å². The Morgan fingerprint density at radius 2 is 1.96 bits per heavy atom. The third-order valence-electron chi connectivity index (χ3n) is 5.21. The Bertz CT molecular complexity index is 767. The standard InChI is InChI=1S/C18H24N4O6/c1-12(2)8-22-17(26)21(9-14(23)27-3)16(25)18(22)4-6-20(7-5-18)15(24)13-10-28-11-19-13/h10-12H,4-9H2,1-3H3. The van der Waals surface area contributed by atoms with Gasteiger partial charge in [0.05, 0.1) is 7.11 Å². The molecule has 10 heteroatoms. The van der Waals surface area contributed by atoms with Crippen LogP contribution in [-0.2, 0) is 14.3 Å². The highest BCUT2D eigenvalue weighted by atomic mass is 16.5. The van der Waals surface area contributed by atoms with Gasteiger partial charge in [-0.05, 0) is 18.8 Å². The quantitative estimate of drug-likeness (QED) is 0.536. The van der Waals surface area contributed by atoms with E-state index in [1.807, 2.05) is 13.8 Å². The summed E-state index contributed by atoms with van der Waals surface area (Å²) in [6.07, 6.45) is 3.06. The number of aromatic nitrogens is 1. The molecular formula is C18H24N4O6. The first-order valence-electron chi connectivity index (χ1n) is 9.18. The number of oxazole rings is 1. The summed E-state index contributed by atoms with van der Waals surface area (Å²) >= 11 is 0. The summed E-state index contributed by atoms with van der Waals surface area (Å²) < 4.78 is 9.48. The molecule has 0 saturated carbocycles. The third kappa shape index (κ3) is 3.34. The zero-order valence-electron chi connectivity index (χ0n) is 16.2. The highest BCUT2D eigenvalue weighted by Crippen LogP contribution is 2.38. The van der Waals surface area contributed by atoms with Gasteiger partial charge >= 0.3 is 12.0 Å².